The number of para-hydroxylation sites is 1. The molecular weight excluding hydrogens is 306 g/mol. The molecule has 0 atom stereocenters. The number of hydrogen-bond donors (Lipinski definition) is 0. The maximum Gasteiger partial charge on any atom is 0.363 e. The Morgan fingerprint density at radius 2 is 1.83 bits per heavy atom. The molecule has 2 aromatic rings. The van der Waals surface area contributed by atoms with Crippen molar-refractivity contribution in [1.82, 2.24) is 0 Å². The van der Waals surface area contributed by atoms with E-state index >= 15 is 0 Å². The minimum atomic E-state index is -0.537. The fraction of sp³-hybridized carbons (Fsp3) is 0.105. The van der Waals surface area contributed by atoms with E-state index in [9.17, 15) is 9.59 Å². The number of carbonyl (C=O) groups excluding carboxylic acids is 2. The lowest BCUT2D eigenvalue weighted by atomic mass is 10.1. The van der Waals surface area contributed by atoms with Gasteiger partial charge in [-0.25, -0.2) is 9.79 Å². The average Bonchev–Trinajstić information content (AvgIpc) is 2.98. The first-order valence-corrected chi connectivity index (χ1v) is 7.55. The number of nitrogens with zero attached hydrogens (tertiary/aromatic N) is 1. The summed E-state index contributed by atoms with van der Waals surface area (Å²) >= 11 is 0. The SMILES string of the molecule is CCC(=O)Oc1ccccc1/C=C1\N=C(c2ccccc2)OC1=O. The standard InChI is InChI=1S/C19H15NO4/c1-2-17(21)23-16-11-7-6-10-14(16)12-15-19(22)24-18(20-15)13-8-4-3-5-9-13/h3-12H,2H2,1H3/b15-12-. The Kier molecular flexibility index (Phi) is 4.52. The highest BCUT2D eigenvalue weighted by molar-refractivity contribution is 6.12. The molecule has 0 spiro atoms. The number of benzene rings is 2. The molecule has 24 heavy (non-hydrogen) atoms. The maximum absolute atomic E-state index is 12.0. The van der Waals surface area contributed by atoms with Gasteiger partial charge in [-0.05, 0) is 24.3 Å². The molecular formula is C19H15NO4. The van der Waals surface area contributed by atoms with Crippen molar-refractivity contribution in [3.05, 3.63) is 71.4 Å². The number of carbonyl (C=O) groups is 2. The first kappa shape index (κ1) is 15.7. The van der Waals surface area contributed by atoms with Crippen LogP contribution in [-0.4, -0.2) is 17.8 Å². The van der Waals surface area contributed by atoms with Gasteiger partial charge in [-0.1, -0.05) is 43.3 Å². The van der Waals surface area contributed by atoms with E-state index in [1.54, 1.807) is 37.3 Å². The Labute approximate surface area is 139 Å². The van der Waals surface area contributed by atoms with Gasteiger partial charge in [0.1, 0.15) is 5.75 Å². The van der Waals surface area contributed by atoms with Crippen LogP contribution in [0.1, 0.15) is 24.5 Å². The largest absolute Gasteiger partial charge is 0.426 e. The summed E-state index contributed by atoms with van der Waals surface area (Å²) in [6.45, 7) is 1.72. The molecule has 1 heterocycles. The summed E-state index contributed by atoms with van der Waals surface area (Å²) in [5.41, 5.74) is 1.47. The van der Waals surface area contributed by atoms with E-state index in [1.165, 1.54) is 0 Å². The van der Waals surface area contributed by atoms with Crippen molar-refractivity contribution in [2.24, 2.45) is 4.99 Å². The molecule has 0 unspecified atom stereocenters. The predicted molar refractivity (Wildman–Crippen MR) is 89.4 cm³/mol. The van der Waals surface area contributed by atoms with Gasteiger partial charge in [-0.2, -0.15) is 0 Å². The van der Waals surface area contributed by atoms with Crippen molar-refractivity contribution in [1.29, 1.82) is 0 Å². The Morgan fingerprint density at radius 3 is 2.58 bits per heavy atom. The summed E-state index contributed by atoms with van der Waals surface area (Å²) in [5, 5.41) is 0. The summed E-state index contributed by atoms with van der Waals surface area (Å²) in [6, 6.07) is 16.1. The number of esters is 2. The molecule has 120 valence electrons. The average molecular weight is 321 g/mol. The summed E-state index contributed by atoms with van der Waals surface area (Å²) < 4.78 is 10.5. The molecule has 5 heteroatoms. The minimum absolute atomic E-state index is 0.161. The topological polar surface area (TPSA) is 65.0 Å². The van der Waals surface area contributed by atoms with Gasteiger partial charge in [0.25, 0.3) is 0 Å². The van der Waals surface area contributed by atoms with Gasteiger partial charge in [0, 0.05) is 17.5 Å². The maximum atomic E-state index is 12.0. The minimum Gasteiger partial charge on any atom is -0.426 e. The second kappa shape index (κ2) is 6.91. The normalized spacial score (nSPS) is 15.1. The van der Waals surface area contributed by atoms with Crippen molar-refractivity contribution >= 4 is 23.9 Å². The lowest BCUT2D eigenvalue weighted by Gasteiger charge is -2.06. The molecule has 0 N–H and O–H groups in total. The van der Waals surface area contributed by atoms with Crippen molar-refractivity contribution in [2.75, 3.05) is 0 Å². The Balaban J connectivity index is 1.93. The highest BCUT2D eigenvalue weighted by atomic mass is 16.6. The van der Waals surface area contributed by atoms with Gasteiger partial charge >= 0.3 is 11.9 Å². The second-order valence-corrected chi connectivity index (χ2v) is 5.07. The van der Waals surface area contributed by atoms with E-state index in [0.29, 0.717) is 11.3 Å². The molecule has 0 aliphatic carbocycles. The lowest BCUT2D eigenvalue weighted by Crippen LogP contribution is -2.07. The highest BCUT2D eigenvalue weighted by Gasteiger charge is 2.24. The predicted octanol–water partition coefficient (Wildman–Crippen LogP) is 3.35. The van der Waals surface area contributed by atoms with Gasteiger partial charge in [0.2, 0.25) is 5.90 Å². The van der Waals surface area contributed by atoms with E-state index in [2.05, 4.69) is 4.99 Å². The van der Waals surface area contributed by atoms with Crippen LogP contribution < -0.4 is 4.74 Å². The van der Waals surface area contributed by atoms with E-state index in [1.807, 2.05) is 30.3 Å². The molecule has 0 aromatic heterocycles. The van der Waals surface area contributed by atoms with Gasteiger partial charge in [0.15, 0.2) is 5.70 Å². The molecule has 3 rings (SSSR count). The third-order valence-corrected chi connectivity index (χ3v) is 3.36. The second-order valence-electron chi connectivity index (χ2n) is 5.07. The molecule has 0 saturated carbocycles. The van der Waals surface area contributed by atoms with E-state index in [0.717, 1.165) is 5.56 Å². The molecule has 0 radical (unpaired) electrons. The van der Waals surface area contributed by atoms with Crippen LogP contribution >= 0.6 is 0 Å². The smallest absolute Gasteiger partial charge is 0.363 e. The third-order valence-electron chi connectivity index (χ3n) is 3.36. The first-order chi connectivity index (χ1) is 11.7. The Hall–Kier alpha value is -3.21. The van der Waals surface area contributed by atoms with Gasteiger partial charge in [-0.15, -0.1) is 0 Å². The summed E-state index contributed by atoms with van der Waals surface area (Å²) in [5.74, 6) is -0.239. The number of aliphatic imine (C=N–C) groups is 1. The molecule has 0 amide bonds. The van der Waals surface area contributed by atoms with E-state index < -0.39 is 5.97 Å². The molecule has 0 saturated heterocycles. The van der Waals surface area contributed by atoms with Gasteiger partial charge in [0.05, 0.1) is 0 Å². The molecule has 0 fully saturated rings. The van der Waals surface area contributed by atoms with Crippen molar-refractivity contribution in [3.8, 4) is 5.75 Å². The molecule has 0 bridgehead atoms. The van der Waals surface area contributed by atoms with Crippen LogP contribution in [0, 0.1) is 0 Å². The van der Waals surface area contributed by atoms with E-state index in [-0.39, 0.29) is 24.0 Å². The lowest BCUT2D eigenvalue weighted by molar-refractivity contribution is -0.134. The van der Waals surface area contributed by atoms with Crippen molar-refractivity contribution < 1.29 is 19.1 Å². The fourth-order valence-electron chi connectivity index (χ4n) is 2.15. The summed E-state index contributed by atoms with van der Waals surface area (Å²) in [7, 11) is 0. The fourth-order valence-corrected chi connectivity index (χ4v) is 2.15. The van der Waals surface area contributed by atoms with Crippen LogP contribution in [-0.2, 0) is 14.3 Å². The highest BCUT2D eigenvalue weighted by Crippen LogP contribution is 2.25. The summed E-state index contributed by atoms with van der Waals surface area (Å²) in [4.78, 5) is 27.8. The third kappa shape index (κ3) is 3.41. The quantitative estimate of drug-likeness (QED) is 0.492. The zero-order valence-electron chi connectivity index (χ0n) is 13.1. The van der Waals surface area contributed by atoms with Crippen LogP contribution in [0.3, 0.4) is 0 Å². The Morgan fingerprint density at radius 1 is 1.12 bits per heavy atom. The first-order valence-electron chi connectivity index (χ1n) is 7.55. The molecule has 5 nitrogen and oxygen atoms in total. The monoisotopic (exact) mass is 321 g/mol. The zero-order valence-corrected chi connectivity index (χ0v) is 13.1. The van der Waals surface area contributed by atoms with Crippen LogP contribution in [0.5, 0.6) is 5.75 Å². The Bertz CT molecular complexity index is 837. The van der Waals surface area contributed by atoms with Gasteiger partial charge in [-0.3, -0.25) is 4.79 Å². The number of ether oxygens (including phenoxy) is 2. The van der Waals surface area contributed by atoms with Crippen LogP contribution in [0.15, 0.2) is 65.3 Å². The number of hydrogen-bond acceptors (Lipinski definition) is 5. The summed E-state index contributed by atoms with van der Waals surface area (Å²) in [6.07, 6.45) is 1.82. The van der Waals surface area contributed by atoms with E-state index in [4.69, 9.17) is 9.47 Å². The molecule has 2 aromatic carbocycles. The van der Waals surface area contributed by atoms with Crippen LogP contribution in [0.25, 0.3) is 6.08 Å². The van der Waals surface area contributed by atoms with Gasteiger partial charge < -0.3 is 9.47 Å². The van der Waals surface area contributed by atoms with Crippen molar-refractivity contribution in [3.63, 3.8) is 0 Å². The number of rotatable bonds is 4. The molecule has 1 aliphatic heterocycles. The van der Waals surface area contributed by atoms with Crippen LogP contribution in [0.4, 0.5) is 0 Å². The zero-order chi connectivity index (χ0) is 16.9. The van der Waals surface area contributed by atoms with Crippen molar-refractivity contribution in [2.45, 2.75) is 13.3 Å². The van der Waals surface area contributed by atoms with Crippen LogP contribution in [0.2, 0.25) is 0 Å². The molecule has 1 aliphatic rings. The number of cyclic esters (lactones) is 1.